The van der Waals surface area contributed by atoms with E-state index in [2.05, 4.69) is 10.1 Å². The minimum Gasteiger partial charge on any atom is -0.435 e. The van der Waals surface area contributed by atoms with Crippen molar-refractivity contribution in [2.75, 3.05) is 21.9 Å². The molecule has 28 heavy (non-hydrogen) atoms. The van der Waals surface area contributed by atoms with Crippen molar-refractivity contribution in [2.24, 2.45) is 0 Å². The quantitative estimate of drug-likeness (QED) is 0.786. The van der Waals surface area contributed by atoms with Crippen molar-refractivity contribution in [2.45, 2.75) is 13.0 Å². The van der Waals surface area contributed by atoms with Gasteiger partial charge in [0, 0.05) is 24.1 Å². The molecule has 1 heterocycles. The molecule has 0 radical (unpaired) electrons. The molecule has 10 heteroatoms. The molecule has 1 fully saturated rings. The summed E-state index contributed by atoms with van der Waals surface area (Å²) in [4.78, 5) is 12.7. The number of carbonyl (C=O) groups is 1. The van der Waals surface area contributed by atoms with Gasteiger partial charge < -0.3 is 10.1 Å². The van der Waals surface area contributed by atoms with Crippen LogP contribution in [-0.4, -0.2) is 29.0 Å². The van der Waals surface area contributed by atoms with Crippen LogP contribution in [0.1, 0.15) is 22.3 Å². The van der Waals surface area contributed by atoms with Crippen LogP contribution < -0.4 is 14.4 Å². The number of nitriles is 1. The summed E-state index contributed by atoms with van der Waals surface area (Å²) >= 11 is 6.13. The van der Waals surface area contributed by atoms with Crippen molar-refractivity contribution >= 4 is 39.9 Å². The summed E-state index contributed by atoms with van der Waals surface area (Å²) in [5.41, 5.74) is 0.867. The minimum absolute atomic E-state index is 0.0424. The predicted octanol–water partition coefficient (Wildman–Crippen LogP) is 3.94. The molecule has 146 valence electrons. The van der Waals surface area contributed by atoms with Gasteiger partial charge in [-0.15, -0.1) is 0 Å². The monoisotopic (exact) mass is 425 g/mol. The number of nitrogens with one attached hydrogen (secondary N) is 1. The SMILES string of the molecule is N#Cc1cc(NC(=O)c2cc(N3CCCS3=O)ccc2Cl)cc(OC(F)F)c1. The van der Waals surface area contributed by atoms with E-state index in [0.29, 0.717) is 18.0 Å². The Hall–Kier alpha value is -2.70. The lowest BCUT2D eigenvalue weighted by Gasteiger charge is -2.17. The number of amides is 1. The lowest BCUT2D eigenvalue weighted by molar-refractivity contribution is -0.0498. The van der Waals surface area contributed by atoms with Gasteiger partial charge in [-0.05, 0) is 36.8 Å². The highest BCUT2D eigenvalue weighted by atomic mass is 35.5. The number of rotatable bonds is 5. The maximum absolute atomic E-state index is 12.7. The summed E-state index contributed by atoms with van der Waals surface area (Å²) in [5.74, 6) is -0.301. The molecule has 1 aliphatic heterocycles. The van der Waals surface area contributed by atoms with Gasteiger partial charge in [0.25, 0.3) is 5.91 Å². The average Bonchev–Trinajstić information content (AvgIpc) is 3.07. The second kappa shape index (κ2) is 8.54. The van der Waals surface area contributed by atoms with E-state index in [1.807, 2.05) is 6.07 Å². The summed E-state index contributed by atoms with van der Waals surface area (Å²) in [7, 11) is -1.16. The van der Waals surface area contributed by atoms with Crippen LogP contribution >= 0.6 is 11.6 Å². The third-order valence-electron chi connectivity index (χ3n) is 3.93. The molecule has 0 bridgehead atoms. The first kappa shape index (κ1) is 20.0. The molecule has 6 nitrogen and oxygen atoms in total. The van der Waals surface area contributed by atoms with Gasteiger partial charge in [0.05, 0.1) is 27.9 Å². The Morgan fingerprint density at radius 2 is 2.11 bits per heavy atom. The van der Waals surface area contributed by atoms with E-state index in [9.17, 15) is 17.8 Å². The Balaban J connectivity index is 1.87. The first-order valence-corrected chi connectivity index (χ1v) is 9.79. The second-order valence-electron chi connectivity index (χ2n) is 5.84. The Kier molecular flexibility index (Phi) is 6.11. The van der Waals surface area contributed by atoms with Crippen molar-refractivity contribution < 1.29 is 22.5 Å². The number of alkyl halides is 2. The summed E-state index contributed by atoms with van der Waals surface area (Å²) in [5, 5.41) is 11.7. The molecule has 1 N–H and O–H groups in total. The first-order chi connectivity index (χ1) is 13.4. The van der Waals surface area contributed by atoms with Crippen LogP contribution in [-0.2, 0) is 11.0 Å². The summed E-state index contributed by atoms with van der Waals surface area (Å²) in [6.07, 6.45) is 0.782. The Bertz CT molecular complexity index is 981. The zero-order valence-electron chi connectivity index (χ0n) is 14.3. The van der Waals surface area contributed by atoms with Crippen LogP contribution in [0.4, 0.5) is 20.2 Å². The number of halogens is 3. The number of hydrogen-bond donors (Lipinski definition) is 1. The fourth-order valence-corrected chi connectivity index (χ4v) is 4.22. The van der Waals surface area contributed by atoms with Crippen molar-refractivity contribution in [3.8, 4) is 11.8 Å². The number of nitrogens with zero attached hydrogens (tertiary/aromatic N) is 2. The summed E-state index contributed by atoms with van der Waals surface area (Å²) < 4.78 is 42.9. The highest BCUT2D eigenvalue weighted by Gasteiger charge is 2.22. The maximum atomic E-state index is 12.7. The lowest BCUT2D eigenvalue weighted by atomic mass is 10.1. The minimum atomic E-state index is -3.06. The van der Waals surface area contributed by atoms with E-state index < -0.39 is 23.5 Å². The van der Waals surface area contributed by atoms with Crippen molar-refractivity contribution in [1.29, 1.82) is 5.26 Å². The van der Waals surface area contributed by atoms with E-state index in [1.54, 1.807) is 10.4 Å². The summed E-state index contributed by atoms with van der Waals surface area (Å²) in [6.45, 7) is -2.46. The molecule has 1 amide bonds. The van der Waals surface area contributed by atoms with Gasteiger partial charge in [0.2, 0.25) is 0 Å². The van der Waals surface area contributed by atoms with Gasteiger partial charge in [-0.3, -0.25) is 9.10 Å². The second-order valence-corrected chi connectivity index (χ2v) is 7.74. The Morgan fingerprint density at radius 3 is 2.75 bits per heavy atom. The van der Waals surface area contributed by atoms with Crippen LogP contribution in [0, 0.1) is 11.3 Å². The third-order valence-corrected chi connectivity index (χ3v) is 5.78. The van der Waals surface area contributed by atoms with Gasteiger partial charge in [-0.1, -0.05) is 11.6 Å². The molecule has 3 rings (SSSR count). The molecule has 1 unspecified atom stereocenters. The number of carbonyl (C=O) groups excluding carboxylic acids is 1. The molecule has 0 spiro atoms. The molecule has 1 aliphatic rings. The standard InChI is InChI=1S/C18H14ClF2N3O3S/c19-16-3-2-13(24-4-1-5-28(24)26)9-15(16)17(25)23-12-6-11(10-22)7-14(8-12)27-18(20)21/h2-3,6-9,18H,1,4-5H2,(H,23,25). The van der Waals surface area contributed by atoms with Crippen molar-refractivity contribution in [1.82, 2.24) is 0 Å². The van der Waals surface area contributed by atoms with Gasteiger partial charge in [0.1, 0.15) is 16.7 Å². The fraction of sp³-hybridized carbons (Fsp3) is 0.222. The van der Waals surface area contributed by atoms with Gasteiger partial charge in [0.15, 0.2) is 0 Å². The van der Waals surface area contributed by atoms with Crippen LogP contribution in [0.3, 0.4) is 0 Å². The molecule has 0 saturated carbocycles. The van der Waals surface area contributed by atoms with E-state index >= 15 is 0 Å². The number of anilines is 2. The molecular formula is C18H14ClF2N3O3S. The molecule has 0 aromatic heterocycles. The van der Waals surface area contributed by atoms with E-state index in [4.69, 9.17) is 16.9 Å². The normalized spacial score (nSPS) is 16.1. The van der Waals surface area contributed by atoms with Gasteiger partial charge in [-0.2, -0.15) is 14.0 Å². The van der Waals surface area contributed by atoms with E-state index in [1.165, 1.54) is 24.3 Å². The fourth-order valence-electron chi connectivity index (χ4n) is 2.74. The largest absolute Gasteiger partial charge is 0.435 e. The molecule has 0 aliphatic carbocycles. The molecule has 1 saturated heterocycles. The number of benzene rings is 2. The zero-order chi connectivity index (χ0) is 20.3. The average molecular weight is 426 g/mol. The molecular weight excluding hydrogens is 412 g/mol. The Labute approximate surface area is 167 Å². The zero-order valence-corrected chi connectivity index (χ0v) is 15.9. The Morgan fingerprint density at radius 1 is 1.32 bits per heavy atom. The summed E-state index contributed by atoms with van der Waals surface area (Å²) in [6, 6.07) is 10.2. The van der Waals surface area contributed by atoms with Gasteiger partial charge in [-0.25, -0.2) is 4.21 Å². The molecule has 2 aromatic rings. The third kappa shape index (κ3) is 4.58. The van der Waals surface area contributed by atoms with Gasteiger partial charge >= 0.3 is 6.61 Å². The highest BCUT2D eigenvalue weighted by molar-refractivity contribution is 7.86. The van der Waals surface area contributed by atoms with Crippen LogP contribution in [0.2, 0.25) is 5.02 Å². The number of hydrogen-bond acceptors (Lipinski definition) is 4. The van der Waals surface area contributed by atoms with Crippen LogP contribution in [0.15, 0.2) is 36.4 Å². The van der Waals surface area contributed by atoms with E-state index in [-0.39, 0.29) is 27.6 Å². The highest BCUT2D eigenvalue weighted by Crippen LogP contribution is 2.28. The number of ether oxygens (including phenoxy) is 1. The van der Waals surface area contributed by atoms with Crippen LogP contribution in [0.5, 0.6) is 5.75 Å². The first-order valence-electron chi connectivity index (χ1n) is 8.14. The van der Waals surface area contributed by atoms with Crippen molar-refractivity contribution in [3.05, 3.63) is 52.5 Å². The molecule has 2 aromatic carbocycles. The topological polar surface area (TPSA) is 82.4 Å². The maximum Gasteiger partial charge on any atom is 0.387 e. The van der Waals surface area contributed by atoms with E-state index in [0.717, 1.165) is 12.5 Å². The van der Waals surface area contributed by atoms with Crippen LogP contribution in [0.25, 0.3) is 0 Å². The molecule has 1 atom stereocenters. The smallest absolute Gasteiger partial charge is 0.387 e. The predicted molar refractivity (Wildman–Crippen MR) is 102 cm³/mol. The van der Waals surface area contributed by atoms with Crippen molar-refractivity contribution in [3.63, 3.8) is 0 Å². The lowest BCUT2D eigenvalue weighted by Crippen LogP contribution is -2.20.